The minimum atomic E-state index is -2.93. The second-order valence-electron chi connectivity index (χ2n) is 3.49. The van der Waals surface area contributed by atoms with Gasteiger partial charge in [-0.2, -0.15) is 0 Å². The molecule has 0 bridgehead atoms. The van der Waals surface area contributed by atoms with E-state index in [9.17, 15) is 9.59 Å². The molecule has 4 N–H and O–H groups in total. The summed E-state index contributed by atoms with van der Waals surface area (Å²) in [5.41, 5.74) is 5.72. The highest BCUT2D eigenvalue weighted by Gasteiger charge is 2.29. The van der Waals surface area contributed by atoms with Gasteiger partial charge >= 0.3 is 8.56 Å². The highest BCUT2D eigenvalue weighted by atomic mass is 28.4. The van der Waals surface area contributed by atoms with Crippen LogP contribution in [0.25, 0.3) is 0 Å². The summed E-state index contributed by atoms with van der Waals surface area (Å²) < 4.78 is 0. The van der Waals surface area contributed by atoms with Crippen LogP contribution in [0.2, 0.25) is 12.1 Å². The fourth-order valence-corrected chi connectivity index (χ4v) is 3.44. The van der Waals surface area contributed by atoms with Crippen LogP contribution in [0.1, 0.15) is 33.1 Å². The third-order valence-corrected chi connectivity index (χ3v) is 4.38. The lowest BCUT2D eigenvalue weighted by molar-refractivity contribution is 0.348. The molecule has 74 valence electrons. The first-order chi connectivity index (χ1) is 5.52. The monoisotopic (exact) mass is 191 g/mol. The summed E-state index contributed by atoms with van der Waals surface area (Å²) in [5.74, 6) is 0. The predicted molar refractivity (Wildman–Crippen MR) is 53.0 cm³/mol. The van der Waals surface area contributed by atoms with Crippen molar-refractivity contribution in [1.82, 2.24) is 0 Å². The van der Waals surface area contributed by atoms with Crippen molar-refractivity contribution in [2.45, 2.75) is 51.2 Å². The summed E-state index contributed by atoms with van der Waals surface area (Å²) in [6, 6.07) is 0.947. The summed E-state index contributed by atoms with van der Waals surface area (Å²) in [6.45, 7) is 4.01. The van der Waals surface area contributed by atoms with Gasteiger partial charge in [0, 0.05) is 12.1 Å². The molecular formula is C8H21NO2Si. The van der Waals surface area contributed by atoms with E-state index >= 15 is 0 Å². The van der Waals surface area contributed by atoms with Crippen molar-refractivity contribution in [1.29, 1.82) is 0 Å². The van der Waals surface area contributed by atoms with Gasteiger partial charge in [0.2, 0.25) is 0 Å². The van der Waals surface area contributed by atoms with Crippen molar-refractivity contribution >= 4 is 8.56 Å². The Morgan fingerprint density at radius 1 is 1.25 bits per heavy atom. The molecule has 1 unspecified atom stereocenters. The van der Waals surface area contributed by atoms with Crippen LogP contribution in [0.4, 0.5) is 0 Å². The fraction of sp³-hybridized carbons (Fsp3) is 1.00. The van der Waals surface area contributed by atoms with E-state index in [1.165, 1.54) is 0 Å². The molecule has 0 aromatic rings. The molecule has 0 aliphatic carbocycles. The van der Waals surface area contributed by atoms with E-state index in [2.05, 4.69) is 6.92 Å². The Morgan fingerprint density at radius 2 is 1.83 bits per heavy atom. The number of hydrogen-bond donors (Lipinski definition) is 3. The largest absolute Gasteiger partial charge is 0.411 e. The molecule has 1 atom stereocenters. The van der Waals surface area contributed by atoms with Crippen LogP contribution in [0, 0.1) is 0 Å². The average molecular weight is 191 g/mol. The molecule has 3 nitrogen and oxygen atoms in total. The van der Waals surface area contributed by atoms with Crippen LogP contribution in [-0.2, 0) is 0 Å². The van der Waals surface area contributed by atoms with Crippen molar-refractivity contribution in [3.8, 4) is 0 Å². The van der Waals surface area contributed by atoms with Gasteiger partial charge in [0.05, 0.1) is 0 Å². The van der Waals surface area contributed by atoms with E-state index in [1.54, 1.807) is 0 Å². The summed E-state index contributed by atoms with van der Waals surface area (Å²) in [4.78, 5) is 19.1. The first-order valence-electron chi connectivity index (χ1n) is 4.72. The smallest absolute Gasteiger partial charge is 0.334 e. The van der Waals surface area contributed by atoms with Crippen molar-refractivity contribution in [3.05, 3.63) is 0 Å². The SMILES string of the molecule is CCCC(N)C[Si](O)(O)CCC. The molecule has 0 fully saturated rings. The van der Waals surface area contributed by atoms with Gasteiger partial charge < -0.3 is 15.3 Å². The predicted octanol–water partition coefficient (Wildman–Crippen LogP) is 0.951. The second-order valence-corrected chi connectivity index (χ2v) is 6.36. The first kappa shape index (κ1) is 12.1. The Balaban J connectivity index is 3.70. The summed E-state index contributed by atoms with van der Waals surface area (Å²) >= 11 is 0. The second kappa shape index (κ2) is 5.69. The molecule has 0 spiro atoms. The zero-order valence-electron chi connectivity index (χ0n) is 8.08. The maximum Gasteiger partial charge on any atom is 0.334 e. The molecule has 0 aliphatic heterocycles. The zero-order chi connectivity index (χ0) is 9.61. The van der Waals surface area contributed by atoms with E-state index in [4.69, 9.17) is 5.73 Å². The molecular weight excluding hydrogens is 170 g/mol. The molecule has 0 saturated carbocycles. The molecule has 0 aromatic carbocycles. The van der Waals surface area contributed by atoms with E-state index in [-0.39, 0.29) is 6.04 Å². The lowest BCUT2D eigenvalue weighted by Gasteiger charge is -2.20. The van der Waals surface area contributed by atoms with E-state index in [0.29, 0.717) is 12.1 Å². The van der Waals surface area contributed by atoms with Gasteiger partial charge in [-0.15, -0.1) is 0 Å². The van der Waals surface area contributed by atoms with Gasteiger partial charge in [-0.05, 0) is 12.5 Å². The van der Waals surface area contributed by atoms with E-state index < -0.39 is 8.56 Å². The topological polar surface area (TPSA) is 66.5 Å². The Labute approximate surface area is 75.8 Å². The molecule has 0 saturated heterocycles. The lowest BCUT2D eigenvalue weighted by Crippen LogP contribution is -2.40. The molecule has 12 heavy (non-hydrogen) atoms. The van der Waals surface area contributed by atoms with Gasteiger partial charge in [0.1, 0.15) is 0 Å². The van der Waals surface area contributed by atoms with Crippen molar-refractivity contribution < 1.29 is 9.59 Å². The van der Waals surface area contributed by atoms with Crippen LogP contribution in [0.15, 0.2) is 0 Å². The first-order valence-corrected chi connectivity index (χ1v) is 7.03. The molecule has 0 radical (unpaired) electrons. The quantitative estimate of drug-likeness (QED) is 0.548. The van der Waals surface area contributed by atoms with Gasteiger partial charge in [0.15, 0.2) is 0 Å². The van der Waals surface area contributed by atoms with E-state index in [0.717, 1.165) is 19.3 Å². The molecule has 0 aromatic heterocycles. The van der Waals surface area contributed by atoms with Crippen LogP contribution < -0.4 is 5.73 Å². The maximum absolute atomic E-state index is 9.53. The lowest BCUT2D eigenvalue weighted by atomic mass is 10.2. The number of rotatable bonds is 6. The minimum Gasteiger partial charge on any atom is -0.411 e. The summed E-state index contributed by atoms with van der Waals surface area (Å²) in [6.07, 6.45) is 2.73. The average Bonchev–Trinajstić information content (AvgIpc) is 1.85. The Bertz CT molecular complexity index is 120. The van der Waals surface area contributed by atoms with Crippen molar-refractivity contribution in [2.75, 3.05) is 0 Å². The van der Waals surface area contributed by atoms with Crippen LogP contribution >= 0.6 is 0 Å². The Kier molecular flexibility index (Phi) is 5.74. The number of nitrogens with two attached hydrogens (primary N) is 1. The molecule has 0 amide bonds. The highest BCUT2D eigenvalue weighted by molar-refractivity contribution is 6.64. The summed E-state index contributed by atoms with van der Waals surface area (Å²) in [5, 5.41) is 0. The van der Waals surface area contributed by atoms with Crippen molar-refractivity contribution in [3.63, 3.8) is 0 Å². The third-order valence-electron chi connectivity index (χ3n) is 1.90. The Morgan fingerprint density at radius 3 is 2.25 bits per heavy atom. The van der Waals surface area contributed by atoms with Crippen LogP contribution in [-0.4, -0.2) is 24.2 Å². The van der Waals surface area contributed by atoms with Crippen LogP contribution in [0.3, 0.4) is 0 Å². The van der Waals surface area contributed by atoms with Gasteiger partial charge in [0.25, 0.3) is 0 Å². The molecule has 4 heteroatoms. The van der Waals surface area contributed by atoms with Gasteiger partial charge in [-0.25, -0.2) is 0 Å². The maximum atomic E-state index is 9.53. The standard InChI is InChI=1S/C8H21NO2Si/c1-3-5-8(9)7-12(10,11)6-4-2/h8,10-11H,3-7,9H2,1-2H3. The van der Waals surface area contributed by atoms with Crippen LogP contribution in [0.5, 0.6) is 0 Å². The third kappa shape index (κ3) is 5.71. The fourth-order valence-electron chi connectivity index (χ4n) is 1.40. The Hall–Kier alpha value is 0.0969. The minimum absolute atomic E-state index is 0.0248. The number of hydrogen-bond acceptors (Lipinski definition) is 3. The zero-order valence-corrected chi connectivity index (χ0v) is 9.08. The molecule has 0 rings (SSSR count). The highest BCUT2D eigenvalue weighted by Crippen LogP contribution is 2.14. The summed E-state index contributed by atoms with van der Waals surface area (Å²) in [7, 11) is -2.93. The van der Waals surface area contributed by atoms with Gasteiger partial charge in [-0.1, -0.05) is 26.7 Å². The van der Waals surface area contributed by atoms with Gasteiger partial charge in [-0.3, -0.25) is 0 Å². The molecule has 0 aliphatic rings. The van der Waals surface area contributed by atoms with Crippen molar-refractivity contribution in [2.24, 2.45) is 5.73 Å². The molecule has 0 heterocycles. The normalized spacial score (nSPS) is 14.8. The van der Waals surface area contributed by atoms with E-state index in [1.807, 2.05) is 6.92 Å².